The van der Waals surface area contributed by atoms with Gasteiger partial charge < -0.3 is 10.6 Å². The zero-order valence-corrected chi connectivity index (χ0v) is 12.5. The molecule has 0 unspecified atom stereocenters. The molecule has 1 heterocycles. The van der Waals surface area contributed by atoms with Gasteiger partial charge in [-0.3, -0.25) is 14.6 Å². The van der Waals surface area contributed by atoms with Crippen LogP contribution in [0.15, 0.2) is 24.5 Å². The molecule has 1 aromatic rings. The summed E-state index contributed by atoms with van der Waals surface area (Å²) in [6, 6.07) is 3.30. The highest BCUT2D eigenvalue weighted by atomic mass is 16.2. The van der Waals surface area contributed by atoms with Gasteiger partial charge in [0.25, 0.3) is 5.91 Å². The number of hydrogen-bond acceptors (Lipinski definition) is 3. The third kappa shape index (κ3) is 4.28. The van der Waals surface area contributed by atoms with Crippen LogP contribution < -0.4 is 10.6 Å². The summed E-state index contributed by atoms with van der Waals surface area (Å²) in [5.41, 5.74) is 0.585. The lowest BCUT2D eigenvalue weighted by Gasteiger charge is -2.20. The summed E-state index contributed by atoms with van der Waals surface area (Å²) >= 11 is 0. The van der Waals surface area contributed by atoms with Gasteiger partial charge >= 0.3 is 0 Å². The molecule has 1 aliphatic rings. The summed E-state index contributed by atoms with van der Waals surface area (Å²) in [6.45, 7) is 2.82. The Kier molecular flexibility index (Phi) is 5.72. The van der Waals surface area contributed by atoms with Crippen molar-refractivity contribution in [1.82, 2.24) is 15.6 Å². The number of rotatable bonds is 6. The van der Waals surface area contributed by atoms with Crippen LogP contribution in [0.1, 0.15) is 49.4 Å². The summed E-state index contributed by atoms with van der Waals surface area (Å²) in [6.07, 6.45) is 7.94. The van der Waals surface area contributed by atoms with Crippen molar-refractivity contribution in [2.75, 3.05) is 6.54 Å². The van der Waals surface area contributed by atoms with Gasteiger partial charge in [0.05, 0.1) is 5.92 Å². The van der Waals surface area contributed by atoms with Crippen LogP contribution in [0.2, 0.25) is 0 Å². The smallest absolute Gasteiger partial charge is 0.251 e. The van der Waals surface area contributed by atoms with Gasteiger partial charge in [-0.05, 0) is 31.4 Å². The molecule has 0 aromatic carbocycles. The van der Waals surface area contributed by atoms with Crippen LogP contribution in [0, 0.1) is 5.92 Å². The summed E-state index contributed by atoms with van der Waals surface area (Å²) in [4.78, 5) is 28.2. The fraction of sp³-hybridized carbons (Fsp3) is 0.562. The Labute approximate surface area is 125 Å². The molecule has 0 aliphatic heterocycles. The SMILES string of the molecule is CCCCNC(=O)[C@H]1CCC[C@H]1NC(=O)c1ccncc1. The Morgan fingerprint density at radius 3 is 2.76 bits per heavy atom. The maximum absolute atomic E-state index is 12.2. The first-order chi connectivity index (χ1) is 10.2. The van der Waals surface area contributed by atoms with E-state index in [-0.39, 0.29) is 23.8 Å². The Balaban J connectivity index is 1.90. The first-order valence-electron chi connectivity index (χ1n) is 7.71. The lowest BCUT2D eigenvalue weighted by molar-refractivity contribution is -0.125. The molecule has 1 aromatic heterocycles. The number of carbonyl (C=O) groups excluding carboxylic acids is 2. The van der Waals surface area contributed by atoms with Gasteiger partial charge in [0.15, 0.2) is 0 Å². The van der Waals surface area contributed by atoms with Crippen LogP contribution in [0.4, 0.5) is 0 Å². The minimum absolute atomic E-state index is 0.0627. The predicted molar refractivity (Wildman–Crippen MR) is 80.7 cm³/mol. The largest absolute Gasteiger partial charge is 0.356 e. The zero-order chi connectivity index (χ0) is 15.1. The number of pyridine rings is 1. The minimum atomic E-state index is -0.129. The molecular formula is C16H23N3O2. The van der Waals surface area contributed by atoms with Crippen LogP contribution in [0.5, 0.6) is 0 Å². The van der Waals surface area contributed by atoms with E-state index in [4.69, 9.17) is 0 Å². The molecule has 5 nitrogen and oxygen atoms in total. The maximum atomic E-state index is 12.2. The van der Waals surface area contributed by atoms with Crippen LogP contribution in [-0.4, -0.2) is 29.4 Å². The Morgan fingerprint density at radius 2 is 2.05 bits per heavy atom. The molecular weight excluding hydrogens is 266 g/mol. The van der Waals surface area contributed by atoms with E-state index in [1.54, 1.807) is 24.5 Å². The van der Waals surface area contributed by atoms with Crippen molar-refractivity contribution >= 4 is 11.8 Å². The number of amides is 2. The molecule has 0 bridgehead atoms. The molecule has 21 heavy (non-hydrogen) atoms. The molecule has 1 aliphatic carbocycles. The molecule has 5 heteroatoms. The zero-order valence-electron chi connectivity index (χ0n) is 12.5. The Bertz CT molecular complexity index is 476. The van der Waals surface area contributed by atoms with Crippen molar-refractivity contribution in [3.63, 3.8) is 0 Å². The van der Waals surface area contributed by atoms with E-state index >= 15 is 0 Å². The summed E-state index contributed by atoms with van der Waals surface area (Å²) < 4.78 is 0. The minimum Gasteiger partial charge on any atom is -0.356 e. The second kappa shape index (κ2) is 7.76. The first-order valence-corrected chi connectivity index (χ1v) is 7.71. The van der Waals surface area contributed by atoms with E-state index in [0.717, 1.165) is 38.6 Å². The molecule has 2 N–H and O–H groups in total. The molecule has 0 radical (unpaired) electrons. The first kappa shape index (κ1) is 15.5. The predicted octanol–water partition coefficient (Wildman–Crippen LogP) is 1.90. The maximum Gasteiger partial charge on any atom is 0.251 e. The van der Waals surface area contributed by atoms with Crippen LogP contribution in [0.25, 0.3) is 0 Å². The van der Waals surface area contributed by atoms with Gasteiger partial charge in [0, 0.05) is 30.5 Å². The van der Waals surface area contributed by atoms with E-state index in [1.807, 2.05) is 0 Å². The Morgan fingerprint density at radius 1 is 1.29 bits per heavy atom. The summed E-state index contributed by atoms with van der Waals surface area (Å²) in [7, 11) is 0. The van der Waals surface area contributed by atoms with E-state index in [1.165, 1.54) is 0 Å². The number of hydrogen-bond donors (Lipinski definition) is 2. The monoisotopic (exact) mass is 289 g/mol. The molecule has 0 saturated heterocycles. The number of nitrogens with zero attached hydrogens (tertiary/aromatic N) is 1. The summed E-state index contributed by atoms with van der Waals surface area (Å²) in [5.74, 6) is -0.163. The average Bonchev–Trinajstić information content (AvgIpc) is 2.96. The molecule has 0 spiro atoms. The van der Waals surface area contributed by atoms with Crippen LogP contribution in [0.3, 0.4) is 0 Å². The van der Waals surface area contributed by atoms with Gasteiger partial charge in [-0.1, -0.05) is 19.8 Å². The fourth-order valence-electron chi connectivity index (χ4n) is 2.72. The molecule has 1 fully saturated rings. The fourth-order valence-corrected chi connectivity index (χ4v) is 2.72. The highest BCUT2D eigenvalue weighted by Gasteiger charge is 2.33. The number of unbranched alkanes of at least 4 members (excludes halogenated alkanes) is 1. The van der Waals surface area contributed by atoms with Crippen molar-refractivity contribution in [3.8, 4) is 0 Å². The number of aromatic nitrogens is 1. The average molecular weight is 289 g/mol. The molecule has 2 atom stereocenters. The van der Waals surface area contributed by atoms with Crippen LogP contribution in [-0.2, 0) is 4.79 Å². The van der Waals surface area contributed by atoms with E-state index in [2.05, 4.69) is 22.5 Å². The second-order valence-electron chi connectivity index (χ2n) is 5.50. The van der Waals surface area contributed by atoms with Crippen molar-refractivity contribution in [3.05, 3.63) is 30.1 Å². The van der Waals surface area contributed by atoms with Gasteiger partial charge in [-0.25, -0.2) is 0 Å². The quantitative estimate of drug-likeness (QED) is 0.786. The van der Waals surface area contributed by atoms with E-state index in [9.17, 15) is 9.59 Å². The van der Waals surface area contributed by atoms with Gasteiger partial charge in [-0.2, -0.15) is 0 Å². The van der Waals surface area contributed by atoms with Gasteiger partial charge in [0.1, 0.15) is 0 Å². The molecule has 114 valence electrons. The highest BCUT2D eigenvalue weighted by molar-refractivity contribution is 5.94. The Hall–Kier alpha value is -1.91. The van der Waals surface area contributed by atoms with Crippen molar-refractivity contribution in [2.45, 2.75) is 45.1 Å². The van der Waals surface area contributed by atoms with E-state index < -0.39 is 0 Å². The number of nitrogens with one attached hydrogen (secondary N) is 2. The van der Waals surface area contributed by atoms with E-state index in [0.29, 0.717) is 5.56 Å². The number of carbonyl (C=O) groups is 2. The third-order valence-corrected chi connectivity index (χ3v) is 3.94. The lowest BCUT2D eigenvalue weighted by Crippen LogP contribution is -2.44. The van der Waals surface area contributed by atoms with Crippen molar-refractivity contribution < 1.29 is 9.59 Å². The molecule has 1 saturated carbocycles. The second-order valence-corrected chi connectivity index (χ2v) is 5.50. The van der Waals surface area contributed by atoms with Gasteiger partial charge in [0.2, 0.25) is 5.91 Å². The lowest BCUT2D eigenvalue weighted by atomic mass is 10.0. The molecule has 2 rings (SSSR count). The normalized spacial score (nSPS) is 21.0. The van der Waals surface area contributed by atoms with Crippen molar-refractivity contribution in [1.29, 1.82) is 0 Å². The van der Waals surface area contributed by atoms with Crippen LogP contribution >= 0.6 is 0 Å². The third-order valence-electron chi connectivity index (χ3n) is 3.94. The summed E-state index contributed by atoms with van der Waals surface area (Å²) in [5, 5.41) is 5.96. The highest BCUT2D eigenvalue weighted by Crippen LogP contribution is 2.26. The standard InChI is InChI=1S/C16H23N3O2/c1-2-3-9-18-16(21)13-5-4-6-14(13)19-15(20)12-7-10-17-11-8-12/h7-8,10-11,13-14H,2-6,9H2,1H3,(H,18,21)(H,19,20)/t13-,14+/m0/s1. The topological polar surface area (TPSA) is 71.1 Å². The molecule has 2 amide bonds. The van der Waals surface area contributed by atoms with Gasteiger partial charge in [-0.15, -0.1) is 0 Å². The van der Waals surface area contributed by atoms with Crippen molar-refractivity contribution in [2.24, 2.45) is 5.92 Å².